The first-order valence-electron chi connectivity index (χ1n) is 10.8. The predicted octanol–water partition coefficient (Wildman–Crippen LogP) is 4.90. The van der Waals surface area contributed by atoms with Crippen LogP contribution in [0.3, 0.4) is 0 Å². The fraction of sp³-hybridized carbons (Fsp3) is 0.545. The minimum atomic E-state index is -0.475. The van der Waals surface area contributed by atoms with Crippen molar-refractivity contribution in [2.24, 2.45) is 0 Å². The van der Waals surface area contributed by atoms with Gasteiger partial charge in [-0.1, -0.05) is 31.0 Å². The lowest BCUT2D eigenvalue weighted by Crippen LogP contribution is -2.15. The molecule has 3 aromatic heterocycles. The van der Waals surface area contributed by atoms with E-state index in [1.807, 2.05) is 0 Å². The number of esters is 1. The molecule has 1 saturated carbocycles. The van der Waals surface area contributed by atoms with E-state index in [-0.39, 0.29) is 12.4 Å². The minimum absolute atomic E-state index is 0.225. The molecule has 1 aliphatic carbocycles. The van der Waals surface area contributed by atoms with E-state index in [1.54, 1.807) is 25.6 Å². The average molecular weight is 444 g/mol. The maximum absolute atomic E-state index is 12.3. The number of rotatable bonds is 6. The van der Waals surface area contributed by atoms with Crippen LogP contribution in [0.4, 0.5) is 5.82 Å². The number of nitrogens with two attached hydrogens (primary N) is 1. The van der Waals surface area contributed by atoms with Crippen molar-refractivity contribution in [2.45, 2.75) is 76.8 Å². The molecule has 1 aliphatic rings. The van der Waals surface area contributed by atoms with E-state index in [0.29, 0.717) is 40.0 Å². The summed E-state index contributed by atoms with van der Waals surface area (Å²) in [5.74, 6) is 1.24. The van der Waals surface area contributed by atoms with E-state index < -0.39 is 5.97 Å². The predicted molar refractivity (Wildman–Crippen MR) is 120 cm³/mol. The van der Waals surface area contributed by atoms with Crippen LogP contribution in [0.25, 0.3) is 11.1 Å². The maximum atomic E-state index is 12.3. The lowest BCUT2D eigenvalue weighted by atomic mass is 9.95. The summed E-state index contributed by atoms with van der Waals surface area (Å²) in [5.41, 5.74) is 9.10. The largest absolute Gasteiger partial charge is 0.462 e. The average Bonchev–Trinajstić information content (AvgIpc) is 3.23. The number of aromatic nitrogens is 4. The molecule has 0 saturated heterocycles. The van der Waals surface area contributed by atoms with Gasteiger partial charge in [0.1, 0.15) is 23.0 Å². The van der Waals surface area contributed by atoms with Crippen molar-refractivity contribution in [3.05, 3.63) is 28.5 Å². The molecular formula is C22H29N5O3S. The quantitative estimate of drug-likeness (QED) is 0.423. The zero-order valence-electron chi connectivity index (χ0n) is 18.5. The molecule has 0 radical (unpaired) electrons. The molecule has 3 aromatic rings. The van der Waals surface area contributed by atoms with E-state index >= 15 is 0 Å². The summed E-state index contributed by atoms with van der Waals surface area (Å²) >= 11 is 1.61. The van der Waals surface area contributed by atoms with Crippen LogP contribution in [0.2, 0.25) is 0 Å². The number of aryl methyl sites for hydroxylation is 2. The number of thioether (sulfide) groups is 1. The van der Waals surface area contributed by atoms with Gasteiger partial charge in [-0.2, -0.15) is 4.98 Å². The van der Waals surface area contributed by atoms with Gasteiger partial charge in [0.05, 0.1) is 23.4 Å². The van der Waals surface area contributed by atoms with Gasteiger partial charge in [-0.3, -0.25) is 0 Å². The number of hydrogen-bond acceptors (Lipinski definition) is 8. The molecule has 0 atom stereocenters. The first kappa shape index (κ1) is 21.7. The molecule has 0 bridgehead atoms. The molecule has 0 spiro atoms. The van der Waals surface area contributed by atoms with Crippen LogP contribution < -0.4 is 5.73 Å². The van der Waals surface area contributed by atoms with Crippen LogP contribution in [0.5, 0.6) is 0 Å². The molecule has 1 fully saturated rings. The zero-order chi connectivity index (χ0) is 22.1. The Morgan fingerprint density at radius 3 is 2.65 bits per heavy atom. The summed E-state index contributed by atoms with van der Waals surface area (Å²) in [4.78, 5) is 26.1. The number of ether oxygens (including phenoxy) is 1. The number of hydrogen-bond donors (Lipinski definition) is 1. The van der Waals surface area contributed by atoms with E-state index in [4.69, 9.17) is 19.9 Å². The SMILES string of the molecule is CCOC(=O)c1c(C)oc2nc(CSc3nc(C)c(C)n3C3CCCCC3)nc(N)c12. The Kier molecular flexibility index (Phi) is 6.22. The van der Waals surface area contributed by atoms with Gasteiger partial charge in [0.2, 0.25) is 5.71 Å². The third-order valence-corrected chi connectivity index (χ3v) is 6.85. The Hall–Kier alpha value is -2.55. The molecule has 0 aromatic carbocycles. The first-order valence-corrected chi connectivity index (χ1v) is 11.8. The second-order valence-corrected chi connectivity index (χ2v) is 8.92. The van der Waals surface area contributed by atoms with Gasteiger partial charge >= 0.3 is 5.97 Å². The highest BCUT2D eigenvalue weighted by Crippen LogP contribution is 2.35. The van der Waals surface area contributed by atoms with Crippen molar-refractivity contribution in [3.63, 3.8) is 0 Å². The number of nitrogens with zero attached hydrogens (tertiary/aromatic N) is 4. The van der Waals surface area contributed by atoms with Gasteiger partial charge in [-0.05, 0) is 40.5 Å². The summed E-state index contributed by atoms with van der Waals surface area (Å²) in [7, 11) is 0. The van der Waals surface area contributed by atoms with Crippen molar-refractivity contribution >= 4 is 34.6 Å². The smallest absolute Gasteiger partial charge is 0.342 e. The van der Waals surface area contributed by atoms with Crippen molar-refractivity contribution in [1.82, 2.24) is 19.5 Å². The fourth-order valence-corrected chi connectivity index (χ4v) is 5.31. The van der Waals surface area contributed by atoms with Crippen LogP contribution in [0.1, 0.15) is 78.4 Å². The van der Waals surface area contributed by atoms with Crippen LogP contribution in [-0.4, -0.2) is 32.1 Å². The van der Waals surface area contributed by atoms with Crippen molar-refractivity contribution in [3.8, 4) is 0 Å². The Morgan fingerprint density at radius 1 is 1.19 bits per heavy atom. The molecule has 0 amide bonds. The number of imidazole rings is 1. The van der Waals surface area contributed by atoms with E-state index in [2.05, 4.69) is 28.4 Å². The Balaban J connectivity index is 1.60. The normalized spacial score (nSPS) is 15.0. The summed E-state index contributed by atoms with van der Waals surface area (Å²) in [6, 6.07) is 0.505. The highest BCUT2D eigenvalue weighted by Gasteiger charge is 2.25. The molecule has 8 nitrogen and oxygen atoms in total. The van der Waals surface area contributed by atoms with Crippen molar-refractivity contribution < 1.29 is 13.9 Å². The van der Waals surface area contributed by atoms with Gasteiger partial charge < -0.3 is 19.5 Å². The number of furan rings is 1. The fourth-order valence-electron chi connectivity index (χ4n) is 4.29. The Bertz CT molecular complexity index is 1110. The van der Waals surface area contributed by atoms with Crippen molar-refractivity contribution in [2.75, 3.05) is 12.3 Å². The molecule has 9 heteroatoms. The van der Waals surface area contributed by atoms with Crippen LogP contribution in [0.15, 0.2) is 9.57 Å². The maximum Gasteiger partial charge on any atom is 0.342 e. The molecule has 3 heterocycles. The third-order valence-electron chi connectivity index (χ3n) is 5.91. The number of fused-ring (bicyclic) bond motifs is 1. The number of nitrogen functional groups attached to an aromatic ring is 1. The standard InChI is InChI=1S/C22H29N5O3S/c1-5-29-21(28)17-14(4)30-20-18(17)19(23)25-16(26-20)11-31-22-24-12(2)13(3)27(22)15-9-7-6-8-10-15/h15H,5-11H2,1-4H3,(H2,23,25,26). The molecule has 0 unspecified atom stereocenters. The molecule has 166 valence electrons. The van der Waals surface area contributed by atoms with Crippen LogP contribution >= 0.6 is 11.8 Å². The molecule has 2 N–H and O–H groups in total. The van der Waals surface area contributed by atoms with Gasteiger partial charge in [-0.15, -0.1) is 0 Å². The molecular weight excluding hydrogens is 414 g/mol. The highest BCUT2D eigenvalue weighted by molar-refractivity contribution is 7.98. The minimum Gasteiger partial charge on any atom is -0.462 e. The van der Waals surface area contributed by atoms with E-state index in [9.17, 15) is 4.79 Å². The van der Waals surface area contributed by atoms with Crippen molar-refractivity contribution in [1.29, 1.82) is 0 Å². The van der Waals surface area contributed by atoms with Gasteiger partial charge in [-0.25, -0.2) is 14.8 Å². The monoisotopic (exact) mass is 443 g/mol. The summed E-state index contributed by atoms with van der Waals surface area (Å²) in [6.45, 7) is 7.93. The summed E-state index contributed by atoms with van der Waals surface area (Å²) in [6.07, 6.45) is 6.24. The molecule has 4 rings (SSSR count). The lowest BCUT2D eigenvalue weighted by molar-refractivity contribution is 0.0526. The number of carbonyl (C=O) groups excluding carboxylic acids is 1. The van der Waals surface area contributed by atoms with Crippen LogP contribution in [0, 0.1) is 20.8 Å². The van der Waals surface area contributed by atoms with Gasteiger partial charge in [0.25, 0.3) is 0 Å². The molecule has 31 heavy (non-hydrogen) atoms. The second-order valence-electron chi connectivity index (χ2n) is 7.97. The Labute approximate surface area is 186 Å². The van der Waals surface area contributed by atoms with Gasteiger partial charge in [0.15, 0.2) is 5.16 Å². The molecule has 0 aliphatic heterocycles. The second kappa shape index (κ2) is 8.90. The summed E-state index contributed by atoms with van der Waals surface area (Å²) in [5, 5.41) is 1.41. The van der Waals surface area contributed by atoms with Gasteiger partial charge in [0, 0.05) is 11.7 Å². The van der Waals surface area contributed by atoms with E-state index in [0.717, 1.165) is 10.9 Å². The van der Waals surface area contributed by atoms with E-state index in [1.165, 1.54) is 37.8 Å². The number of anilines is 1. The lowest BCUT2D eigenvalue weighted by Gasteiger charge is -2.26. The highest BCUT2D eigenvalue weighted by atomic mass is 32.2. The summed E-state index contributed by atoms with van der Waals surface area (Å²) < 4.78 is 13.2. The first-order chi connectivity index (χ1) is 14.9. The van der Waals surface area contributed by atoms with Crippen LogP contribution in [-0.2, 0) is 10.5 Å². The zero-order valence-corrected chi connectivity index (χ0v) is 19.3. The Morgan fingerprint density at radius 2 is 1.94 bits per heavy atom. The third kappa shape index (κ3) is 4.15. The number of carbonyl (C=O) groups is 1. The topological polar surface area (TPSA) is 109 Å².